The van der Waals surface area contributed by atoms with Gasteiger partial charge in [0, 0.05) is 17.0 Å². The summed E-state index contributed by atoms with van der Waals surface area (Å²) in [5.41, 5.74) is 1.34. The molecule has 0 aliphatic carbocycles. The molecule has 0 amide bonds. The van der Waals surface area contributed by atoms with Crippen LogP contribution in [0.1, 0.15) is 43.6 Å². The zero-order valence-electron chi connectivity index (χ0n) is 11.0. The van der Waals surface area contributed by atoms with Crippen LogP contribution in [0.5, 0.6) is 0 Å². The molecule has 1 spiro atoms. The molecular formula is C14H20ClNOS. The number of hydrogen-bond acceptors (Lipinski definition) is 3. The van der Waals surface area contributed by atoms with E-state index < -0.39 is 0 Å². The average Bonchev–Trinajstić information content (AvgIpc) is 2.71. The molecule has 18 heavy (non-hydrogen) atoms. The fourth-order valence-corrected chi connectivity index (χ4v) is 4.91. The standard InChI is InChI=1S/C14H20ClNOS/c1-3-11-8-14(7-9(2)16-11)13-10(4-5-17-14)6-12(15)18-13/h6,9,11,16H,3-5,7-8H2,1-2H3. The number of hydrogen-bond donors (Lipinski definition) is 1. The summed E-state index contributed by atoms with van der Waals surface area (Å²) >= 11 is 7.93. The summed E-state index contributed by atoms with van der Waals surface area (Å²) in [6.07, 6.45) is 4.31. The topological polar surface area (TPSA) is 21.3 Å². The van der Waals surface area contributed by atoms with Gasteiger partial charge in [-0.25, -0.2) is 0 Å². The minimum atomic E-state index is -0.0727. The van der Waals surface area contributed by atoms with E-state index in [1.54, 1.807) is 11.3 Å². The molecule has 1 N–H and O–H groups in total. The van der Waals surface area contributed by atoms with Crippen LogP contribution in [0.25, 0.3) is 0 Å². The van der Waals surface area contributed by atoms with Crippen LogP contribution in [0.4, 0.5) is 0 Å². The Kier molecular flexibility index (Phi) is 3.43. The van der Waals surface area contributed by atoms with E-state index in [1.165, 1.54) is 10.4 Å². The third-order valence-corrected chi connectivity index (χ3v) is 5.66. The smallest absolute Gasteiger partial charge is 0.105 e. The summed E-state index contributed by atoms with van der Waals surface area (Å²) in [5.74, 6) is 0. The monoisotopic (exact) mass is 285 g/mol. The van der Waals surface area contributed by atoms with Crippen LogP contribution >= 0.6 is 22.9 Å². The number of rotatable bonds is 1. The Labute approximate surface area is 118 Å². The maximum Gasteiger partial charge on any atom is 0.105 e. The van der Waals surface area contributed by atoms with E-state index in [1.807, 2.05) is 0 Å². The summed E-state index contributed by atoms with van der Waals surface area (Å²) in [5, 5.41) is 3.67. The van der Waals surface area contributed by atoms with Crippen molar-refractivity contribution < 1.29 is 4.74 Å². The van der Waals surface area contributed by atoms with E-state index in [-0.39, 0.29) is 5.60 Å². The SMILES string of the molecule is CCC1CC2(CC(C)N1)OCCc1cc(Cl)sc12. The van der Waals surface area contributed by atoms with Gasteiger partial charge in [-0.15, -0.1) is 11.3 Å². The van der Waals surface area contributed by atoms with Crippen LogP contribution in [0.3, 0.4) is 0 Å². The van der Waals surface area contributed by atoms with Crippen LogP contribution in [-0.4, -0.2) is 18.7 Å². The van der Waals surface area contributed by atoms with Crippen molar-refractivity contribution in [3.05, 3.63) is 20.8 Å². The Morgan fingerprint density at radius 3 is 3.17 bits per heavy atom. The van der Waals surface area contributed by atoms with Crippen molar-refractivity contribution in [3.8, 4) is 0 Å². The van der Waals surface area contributed by atoms with E-state index >= 15 is 0 Å². The molecule has 2 aliphatic heterocycles. The van der Waals surface area contributed by atoms with Gasteiger partial charge in [0.25, 0.3) is 0 Å². The third kappa shape index (κ3) is 2.11. The molecule has 1 aromatic rings. The predicted octanol–water partition coefficient (Wildman–Crippen LogP) is 3.72. The molecule has 0 bridgehead atoms. The number of piperidine rings is 1. The quantitative estimate of drug-likeness (QED) is 0.849. The fourth-order valence-electron chi connectivity index (χ4n) is 3.45. The van der Waals surface area contributed by atoms with E-state index in [0.29, 0.717) is 12.1 Å². The highest BCUT2D eigenvalue weighted by atomic mass is 35.5. The second-order valence-electron chi connectivity index (χ2n) is 5.58. The third-order valence-electron chi connectivity index (χ3n) is 4.17. The molecule has 2 aliphatic rings. The maximum absolute atomic E-state index is 6.26. The molecule has 3 atom stereocenters. The Morgan fingerprint density at radius 1 is 1.56 bits per heavy atom. The van der Waals surface area contributed by atoms with Gasteiger partial charge in [0.2, 0.25) is 0 Å². The van der Waals surface area contributed by atoms with Crippen molar-refractivity contribution in [2.45, 2.75) is 57.2 Å². The highest BCUT2D eigenvalue weighted by Crippen LogP contribution is 2.47. The van der Waals surface area contributed by atoms with Crippen LogP contribution in [0, 0.1) is 0 Å². The molecule has 2 nitrogen and oxygen atoms in total. The van der Waals surface area contributed by atoms with Gasteiger partial charge in [-0.3, -0.25) is 0 Å². The summed E-state index contributed by atoms with van der Waals surface area (Å²) in [7, 11) is 0. The minimum Gasteiger partial charge on any atom is -0.369 e. The first-order valence-corrected chi connectivity index (χ1v) is 8.01. The number of thiophene rings is 1. The van der Waals surface area contributed by atoms with Gasteiger partial charge in [-0.1, -0.05) is 18.5 Å². The number of nitrogens with one attached hydrogen (secondary N) is 1. The lowest BCUT2D eigenvalue weighted by atomic mass is 9.79. The van der Waals surface area contributed by atoms with Crippen molar-refractivity contribution in [2.24, 2.45) is 0 Å². The van der Waals surface area contributed by atoms with E-state index in [0.717, 1.165) is 36.6 Å². The van der Waals surface area contributed by atoms with Crippen molar-refractivity contribution in [2.75, 3.05) is 6.61 Å². The molecule has 3 unspecified atom stereocenters. The van der Waals surface area contributed by atoms with Crippen molar-refractivity contribution in [3.63, 3.8) is 0 Å². The Hall–Kier alpha value is -0.0900. The minimum absolute atomic E-state index is 0.0727. The number of ether oxygens (including phenoxy) is 1. The van der Waals surface area contributed by atoms with Gasteiger partial charge in [0.15, 0.2) is 0 Å². The van der Waals surface area contributed by atoms with Gasteiger partial charge >= 0.3 is 0 Å². The lowest BCUT2D eigenvalue weighted by Gasteiger charge is -2.46. The predicted molar refractivity (Wildman–Crippen MR) is 76.6 cm³/mol. The molecule has 1 fully saturated rings. The zero-order valence-corrected chi connectivity index (χ0v) is 12.5. The highest BCUT2D eigenvalue weighted by Gasteiger charge is 2.45. The Morgan fingerprint density at radius 2 is 2.39 bits per heavy atom. The molecular weight excluding hydrogens is 266 g/mol. The van der Waals surface area contributed by atoms with Crippen LogP contribution < -0.4 is 5.32 Å². The van der Waals surface area contributed by atoms with Crippen molar-refractivity contribution >= 4 is 22.9 Å². The average molecular weight is 286 g/mol. The fraction of sp³-hybridized carbons (Fsp3) is 0.714. The van der Waals surface area contributed by atoms with Crippen molar-refractivity contribution in [1.29, 1.82) is 0 Å². The first-order chi connectivity index (χ1) is 8.63. The van der Waals surface area contributed by atoms with E-state index in [2.05, 4.69) is 25.2 Å². The van der Waals surface area contributed by atoms with Gasteiger partial charge in [-0.2, -0.15) is 0 Å². The first kappa shape index (κ1) is 12.9. The molecule has 100 valence electrons. The molecule has 4 heteroatoms. The van der Waals surface area contributed by atoms with Gasteiger partial charge < -0.3 is 10.1 Å². The number of fused-ring (bicyclic) bond motifs is 2. The summed E-state index contributed by atoms with van der Waals surface area (Å²) in [4.78, 5) is 1.39. The molecule has 3 rings (SSSR count). The molecule has 0 radical (unpaired) electrons. The largest absolute Gasteiger partial charge is 0.369 e. The van der Waals surface area contributed by atoms with Crippen LogP contribution in [0.2, 0.25) is 4.34 Å². The molecule has 1 aromatic heterocycles. The lowest BCUT2D eigenvalue weighted by Crippen LogP contribution is -2.53. The van der Waals surface area contributed by atoms with E-state index in [4.69, 9.17) is 16.3 Å². The Bertz CT molecular complexity index is 447. The van der Waals surface area contributed by atoms with Gasteiger partial charge in [0.1, 0.15) is 5.60 Å². The summed E-state index contributed by atoms with van der Waals surface area (Å²) in [6.45, 7) is 5.34. The second kappa shape index (κ2) is 4.78. The molecule has 0 aromatic carbocycles. The zero-order chi connectivity index (χ0) is 12.8. The first-order valence-electron chi connectivity index (χ1n) is 6.81. The summed E-state index contributed by atoms with van der Waals surface area (Å²) in [6, 6.07) is 3.20. The molecule has 0 saturated carbocycles. The molecule has 1 saturated heterocycles. The molecule has 3 heterocycles. The summed E-state index contributed by atoms with van der Waals surface area (Å²) < 4.78 is 7.17. The van der Waals surface area contributed by atoms with Crippen molar-refractivity contribution in [1.82, 2.24) is 5.32 Å². The second-order valence-corrected chi connectivity index (χ2v) is 7.26. The number of halogens is 1. The van der Waals surface area contributed by atoms with E-state index in [9.17, 15) is 0 Å². The Balaban J connectivity index is 1.99. The van der Waals surface area contributed by atoms with Gasteiger partial charge in [-0.05, 0) is 44.2 Å². The van der Waals surface area contributed by atoms with Crippen LogP contribution in [-0.2, 0) is 16.8 Å². The van der Waals surface area contributed by atoms with Gasteiger partial charge in [0.05, 0.1) is 10.9 Å². The normalized spacial score (nSPS) is 35.7. The maximum atomic E-state index is 6.26. The lowest BCUT2D eigenvalue weighted by molar-refractivity contribution is -0.0951. The highest BCUT2D eigenvalue weighted by molar-refractivity contribution is 7.16. The van der Waals surface area contributed by atoms with Crippen LogP contribution in [0.15, 0.2) is 6.07 Å².